The van der Waals surface area contributed by atoms with Crippen molar-refractivity contribution in [3.63, 3.8) is 0 Å². The van der Waals surface area contributed by atoms with Crippen LogP contribution in [0.15, 0.2) is 59.7 Å². The fourth-order valence-corrected chi connectivity index (χ4v) is 15.8. The average Bonchev–Trinajstić information content (AvgIpc) is 1.62. The van der Waals surface area contributed by atoms with Gasteiger partial charge in [0.2, 0.25) is 0 Å². The lowest BCUT2D eigenvalue weighted by Crippen LogP contribution is -2.78. The minimum atomic E-state index is -1.99. The Morgan fingerprint density at radius 2 is 1.16 bits per heavy atom. The van der Waals surface area contributed by atoms with Crippen LogP contribution in [0.1, 0.15) is 145 Å². The maximum absolute atomic E-state index is 14.0. The first-order valence-corrected chi connectivity index (χ1v) is 31.0. The molecule has 0 amide bonds. The fourth-order valence-electron chi connectivity index (χ4n) is 15.8. The van der Waals surface area contributed by atoms with Crippen molar-refractivity contribution in [2.75, 3.05) is 28.4 Å². The molecular weight excluding hydrogens is 1100 g/mol. The van der Waals surface area contributed by atoms with Gasteiger partial charge in [-0.1, -0.05) is 75.2 Å². The van der Waals surface area contributed by atoms with Crippen molar-refractivity contribution in [3.8, 4) is 0 Å². The minimum absolute atomic E-state index is 0.0240. The molecule has 0 aromatic heterocycles. The molecule has 7 fully saturated rings. The van der Waals surface area contributed by atoms with Gasteiger partial charge in [0, 0.05) is 72.2 Å². The number of hydrogen-bond donors (Lipinski definition) is 4. The number of benzene rings is 1. The Hall–Kier alpha value is -3.26. The molecule has 478 valence electrons. The zero-order chi connectivity index (χ0) is 61.6. The van der Waals surface area contributed by atoms with E-state index in [4.69, 9.17) is 66.3 Å². The number of ether oxygens (including phenoxy) is 14. The van der Waals surface area contributed by atoms with Gasteiger partial charge in [0.25, 0.3) is 0 Å². The first-order valence-electron chi connectivity index (χ1n) is 31.0. The standard InChI is InChI=1S/C65H98O20/c1-35(2)36(3)28-52(67)80-41(8)63(69)26-27-65(71)62(63,10)50(82-51(66)21-20-42-18-16-15-17-19-42)34-49-61(9)24-23-44(29-43(61)22-25-64(49,65)70)81-53-31-46(73-12)58(38(5)77-53)84-55-33-48(75-14)60(40(7)79-55)85-56-32-47(74-13)59(39(6)78-56)83-54-30-45(72-11)57(68)37(4)76-54/h15-22,28,35,37-41,44-50,53-60,68-71H,23-27,29-34H2,1-14H3. The summed E-state index contributed by atoms with van der Waals surface area (Å²) in [5.41, 5.74) is -5.35. The van der Waals surface area contributed by atoms with Gasteiger partial charge in [0.05, 0.1) is 60.4 Å². The average molecular weight is 1200 g/mol. The number of esters is 2. The van der Waals surface area contributed by atoms with Crippen molar-refractivity contribution < 1.29 is 96.3 Å². The van der Waals surface area contributed by atoms with Crippen LogP contribution in [0.5, 0.6) is 0 Å². The van der Waals surface area contributed by atoms with Crippen LogP contribution in [-0.2, 0) is 75.9 Å². The number of fused-ring (bicyclic) bond motifs is 5. The van der Waals surface area contributed by atoms with E-state index >= 15 is 0 Å². The monoisotopic (exact) mass is 1200 g/mol. The third-order valence-corrected chi connectivity index (χ3v) is 21.3. The number of carbonyl (C=O) groups is 2. The molecule has 0 bridgehead atoms. The topological polar surface area (TPSA) is 244 Å². The van der Waals surface area contributed by atoms with Crippen molar-refractivity contribution in [2.24, 2.45) is 22.7 Å². The van der Waals surface area contributed by atoms with Gasteiger partial charge in [-0.25, -0.2) is 9.59 Å². The predicted molar refractivity (Wildman–Crippen MR) is 309 cm³/mol. The molecular formula is C65H98O20. The molecule has 20 heteroatoms. The molecule has 4 N–H and O–H groups in total. The highest BCUT2D eigenvalue weighted by Gasteiger charge is 2.81. The summed E-state index contributed by atoms with van der Waals surface area (Å²) in [5.74, 6) is -1.81. The van der Waals surface area contributed by atoms with Gasteiger partial charge in [-0.05, 0) is 109 Å². The molecule has 25 atom stereocenters. The SMILES string of the molecule is COC1CC(OC2C(C)OC(OC3C(C)OC(OC4C(C)OC(OC5CCC6(C)C(=CCC7(O)C6CC(OC(=O)C=Cc6ccccc6)C6(C)C(O)(C(C)OC(=O)C=C(C)C(C)C)CCC76O)C5)CC4OC)CC3OC)CC2OC)OC(C)C1O. The summed E-state index contributed by atoms with van der Waals surface area (Å²) < 4.78 is 88.1. The van der Waals surface area contributed by atoms with Crippen LogP contribution in [0, 0.1) is 22.7 Å². The largest absolute Gasteiger partial charge is 0.458 e. The van der Waals surface area contributed by atoms with Crippen molar-refractivity contribution in [3.05, 3.63) is 65.3 Å². The summed E-state index contributed by atoms with van der Waals surface area (Å²) in [6, 6.07) is 9.34. The molecule has 0 spiro atoms. The molecule has 4 heterocycles. The quantitative estimate of drug-likeness (QED) is 0.0609. The van der Waals surface area contributed by atoms with E-state index in [-0.39, 0.29) is 43.8 Å². The molecule has 3 saturated carbocycles. The minimum Gasteiger partial charge on any atom is -0.458 e. The second-order valence-electron chi connectivity index (χ2n) is 26.3. The Labute approximate surface area is 502 Å². The van der Waals surface area contributed by atoms with Crippen LogP contribution in [-0.4, -0.2) is 194 Å². The van der Waals surface area contributed by atoms with Gasteiger partial charge in [0.1, 0.15) is 53.4 Å². The smallest absolute Gasteiger partial charge is 0.331 e. The number of hydrogen-bond acceptors (Lipinski definition) is 20. The van der Waals surface area contributed by atoms with Gasteiger partial charge in [-0.3, -0.25) is 0 Å². The summed E-state index contributed by atoms with van der Waals surface area (Å²) in [4.78, 5) is 27.3. The predicted octanol–water partition coefficient (Wildman–Crippen LogP) is 7.18. The Bertz CT molecular complexity index is 2530. The number of aliphatic hydroxyl groups is 4. The van der Waals surface area contributed by atoms with E-state index in [1.54, 1.807) is 55.3 Å². The summed E-state index contributed by atoms with van der Waals surface area (Å²) >= 11 is 0. The van der Waals surface area contributed by atoms with E-state index in [0.717, 1.165) is 16.7 Å². The fraction of sp³-hybridized carbons (Fsp3) is 0.785. The van der Waals surface area contributed by atoms with E-state index in [1.807, 2.05) is 78.0 Å². The summed E-state index contributed by atoms with van der Waals surface area (Å²) in [6.07, 6.45) is -0.993. The lowest BCUT2D eigenvalue weighted by molar-refractivity contribution is -0.347. The van der Waals surface area contributed by atoms with Gasteiger partial charge in [0.15, 0.2) is 25.2 Å². The highest BCUT2D eigenvalue weighted by molar-refractivity contribution is 5.87. The van der Waals surface area contributed by atoms with E-state index in [2.05, 4.69) is 6.92 Å². The first kappa shape index (κ1) is 66.2. The Morgan fingerprint density at radius 1 is 0.659 bits per heavy atom. The Kier molecular flexibility index (Phi) is 20.8. The molecule has 8 aliphatic rings. The van der Waals surface area contributed by atoms with E-state index < -0.39 is 150 Å². The van der Waals surface area contributed by atoms with Crippen molar-refractivity contribution in [2.45, 2.75) is 273 Å². The zero-order valence-electron chi connectivity index (χ0n) is 52.4. The second kappa shape index (κ2) is 26.7. The van der Waals surface area contributed by atoms with Crippen LogP contribution < -0.4 is 0 Å². The van der Waals surface area contributed by atoms with Crippen molar-refractivity contribution in [1.82, 2.24) is 0 Å². The molecule has 4 aliphatic heterocycles. The molecule has 9 rings (SSSR count). The highest BCUT2D eigenvalue weighted by atomic mass is 16.8. The van der Waals surface area contributed by atoms with E-state index in [1.165, 1.54) is 12.2 Å². The molecule has 20 nitrogen and oxygen atoms in total. The highest BCUT2D eigenvalue weighted by Crippen LogP contribution is 2.71. The maximum atomic E-state index is 14.0. The number of aliphatic hydroxyl groups excluding tert-OH is 1. The second-order valence-corrected chi connectivity index (χ2v) is 26.3. The van der Waals surface area contributed by atoms with Crippen LogP contribution >= 0.6 is 0 Å². The molecule has 0 radical (unpaired) electrons. The lowest BCUT2D eigenvalue weighted by atomic mass is 9.42. The first-order chi connectivity index (χ1) is 40.2. The number of methoxy groups -OCH3 is 4. The molecule has 4 aliphatic carbocycles. The Balaban J connectivity index is 0.835. The maximum Gasteiger partial charge on any atom is 0.331 e. The molecule has 1 aromatic carbocycles. The Morgan fingerprint density at radius 3 is 1.68 bits per heavy atom. The number of allylic oxidation sites excluding steroid dienone is 1. The van der Waals surface area contributed by atoms with Crippen LogP contribution in [0.2, 0.25) is 0 Å². The lowest BCUT2D eigenvalue weighted by Gasteiger charge is -2.67. The van der Waals surface area contributed by atoms with Crippen molar-refractivity contribution >= 4 is 18.0 Å². The van der Waals surface area contributed by atoms with Gasteiger partial charge >= 0.3 is 11.9 Å². The van der Waals surface area contributed by atoms with E-state index in [0.29, 0.717) is 44.9 Å². The van der Waals surface area contributed by atoms with Gasteiger partial charge in [-0.15, -0.1) is 0 Å². The molecule has 4 saturated heterocycles. The third kappa shape index (κ3) is 12.8. The van der Waals surface area contributed by atoms with E-state index in [9.17, 15) is 30.0 Å². The number of rotatable bonds is 19. The summed E-state index contributed by atoms with van der Waals surface area (Å²) in [7, 11) is 6.49. The number of carbonyl (C=O) groups excluding carboxylic acids is 2. The van der Waals surface area contributed by atoms with Gasteiger partial charge in [-0.2, -0.15) is 0 Å². The third-order valence-electron chi connectivity index (χ3n) is 21.3. The van der Waals surface area contributed by atoms with Gasteiger partial charge < -0.3 is 86.7 Å². The van der Waals surface area contributed by atoms with Crippen LogP contribution in [0.4, 0.5) is 0 Å². The molecule has 85 heavy (non-hydrogen) atoms. The normalized spacial score (nSPS) is 45.3. The van der Waals surface area contributed by atoms with Crippen LogP contribution in [0.25, 0.3) is 6.08 Å². The molecule has 25 unspecified atom stereocenters. The molecule has 1 aromatic rings. The van der Waals surface area contributed by atoms with Crippen molar-refractivity contribution in [1.29, 1.82) is 0 Å². The summed E-state index contributed by atoms with van der Waals surface area (Å²) in [6.45, 7) is 18.7. The zero-order valence-corrected chi connectivity index (χ0v) is 52.4. The van der Waals surface area contributed by atoms with Crippen LogP contribution in [0.3, 0.4) is 0 Å². The summed E-state index contributed by atoms with van der Waals surface area (Å²) in [5, 5.41) is 50.3.